The largest absolute Gasteiger partial charge is 0.316 e. The van der Waals surface area contributed by atoms with Gasteiger partial charge in [-0.1, -0.05) is 30.0 Å². The number of benzene rings is 1. The van der Waals surface area contributed by atoms with Gasteiger partial charge in [-0.2, -0.15) is 5.26 Å². The number of nitrogens with zero attached hydrogens (tertiary/aromatic N) is 4. The number of fused-ring (bicyclic) bond motifs is 4. The van der Waals surface area contributed by atoms with E-state index < -0.39 is 0 Å². The zero-order valence-corrected chi connectivity index (χ0v) is 18.1. The fourth-order valence-electron chi connectivity index (χ4n) is 4.01. The Balaban J connectivity index is 1.38. The van der Waals surface area contributed by atoms with Gasteiger partial charge < -0.3 is 5.32 Å². The maximum Gasteiger partial charge on any atom is 0.235 e. The number of thiophene rings is 1. The maximum atomic E-state index is 12.7. The van der Waals surface area contributed by atoms with Gasteiger partial charge in [0.1, 0.15) is 11.1 Å². The summed E-state index contributed by atoms with van der Waals surface area (Å²) in [7, 11) is 0. The van der Waals surface area contributed by atoms with E-state index in [1.54, 1.807) is 11.3 Å². The van der Waals surface area contributed by atoms with Crippen LogP contribution in [0.1, 0.15) is 34.4 Å². The highest BCUT2D eigenvalue weighted by Crippen LogP contribution is 2.37. The summed E-state index contributed by atoms with van der Waals surface area (Å²) < 4.78 is 2.01. The molecule has 6 nitrogen and oxygen atoms in total. The molecule has 1 aliphatic rings. The third kappa shape index (κ3) is 3.24. The number of hydrogen-bond donors (Lipinski definition) is 1. The molecule has 0 unspecified atom stereocenters. The van der Waals surface area contributed by atoms with Crippen molar-refractivity contribution in [1.29, 1.82) is 5.26 Å². The predicted molar refractivity (Wildman–Crippen MR) is 120 cm³/mol. The number of aromatic nitrogens is 3. The van der Waals surface area contributed by atoms with E-state index in [1.165, 1.54) is 16.6 Å². The quantitative estimate of drug-likeness (QED) is 0.470. The second kappa shape index (κ2) is 7.74. The fourth-order valence-corrected chi connectivity index (χ4v) is 6.01. The molecule has 0 radical (unpaired) electrons. The summed E-state index contributed by atoms with van der Waals surface area (Å²) in [5.41, 5.74) is 4.63. The first-order valence-electron chi connectivity index (χ1n) is 9.86. The third-order valence-electron chi connectivity index (χ3n) is 5.40. The van der Waals surface area contributed by atoms with Gasteiger partial charge in [-0.15, -0.1) is 21.5 Å². The molecule has 1 amide bonds. The first-order valence-corrected chi connectivity index (χ1v) is 11.7. The molecule has 0 saturated carbocycles. The van der Waals surface area contributed by atoms with Crippen LogP contribution in [-0.2, 0) is 17.6 Å². The standard InChI is InChI=1S/C22H19N5OS2/c1-13-10-14-6-2-4-8-17(14)27-20(13)25-26-22(27)29-12-19(28)24-21-16(11-23)15-7-3-5-9-18(15)30-21/h2,4,6,8,10H,3,5,7,9,12H2,1H3,(H,24,28). The minimum Gasteiger partial charge on any atom is -0.316 e. The molecule has 0 saturated heterocycles. The van der Waals surface area contributed by atoms with E-state index in [0.29, 0.717) is 15.7 Å². The molecule has 0 spiro atoms. The Kier molecular flexibility index (Phi) is 4.93. The molecule has 0 atom stereocenters. The average Bonchev–Trinajstić information content (AvgIpc) is 3.34. The Bertz CT molecular complexity index is 1330. The van der Waals surface area contributed by atoms with Crippen LogP contribution < -0.4 is 5.32 Å². The highest BCUT2D eigenvalue weighted by Gasteiger charge is 2.22. The molecule has 3 heterocycles. The number of anilines is 1. The molecular formula is C22H19N5OS2. The van der Waals surface area contributed by atoms with Crippen LogP contribution in [0.15, 0.2) is 35.5 Å². The molecule has 0 fully saturated rings. The molecule has 4 aromatic rings. The second-order valence-electron chi connectivity index (χ2n) is 7.39. The number of aryl methyl sites for hydroxylation is 2. The Hall–Kier alpha value is -2.89. The number of pyridine rings is 1. The number of hydrogen-bond acceptors (Lipinski definition) is 6. The molecule has 5 rings (SSSR count). The van der Waals surface area contributed by atoms with E-state index in [0.717, 1.165) is 53.4 Å². The molecule has 150 valence electrons. The first kappa shape index (κ1) is 19.1. The Morgan fingerprint density at radius 2 is 2.13 bits per heavy atom. The van der Waals surface area contributed by atoms with E-state index >= 15 is 0 Å². The van der Waals surface area contributed by atoms with E-state index in [1.807, 2.05) is 29.5 Å². The van der Waals surface area contributed by atoms with Gasteiger partial charge in [-0.25, -0.2) is 0 Å². The summed E-state index contributed by atoms with van der Waals surface area (Å²) in [4.78, 5) is 13.9. The van der Waals surface area contributed by atoms with Crippen molar-refractivity contribution in [3.05, 3.63) is 51.9 Å². The molecular weight excluding hydrogens is 414 g/mol. The van der Waals surface area contributed by atoms with Gasteiger partial charge in [0.25, 0.3) is 0 Å². The molecule has 1 N–H and O–H groups in total. The number of rotatable bonds is 4. The van der Waals surface area contributed by atoms with Crippen LogP contribution in [0.5, 0.6) is 0 Å². The third-order valence-corrected chi connectivity index (χ3v) is 7.54. The lowest BCUT2D eigenvalue weighted by molar-refractivity contribution is -0.113. The van der Waals surface area contributed by atoms with Crippen LogP contribution in [0.4, 0.5) is 5.00 Å². The van der Waals surface area contributed by atoms with Crippen molar-refractivity contribution >= 4 is 50.6 Å². The molecule has 8 heteroatoms. The summed E-state index contributed by atoms with van der Waals surface area (Å²) in [5, 5.41) is 23.7. The van der Waals surface area contributed by atoms with Crippen molar-refractivity contribution in [2.45, 2.75) is 37.8 Å². The van der Waals surface area contributed by atoms with Crippen LogP contribution in [0.25, 0.3) is 16.6 Å². The fraction of sp³-hybridized carbons (Fsp3) is 0.273. The molecule has 3 aromatic heterocycles. The molecule has 0 aliphatic heterocycles. The minimum absolute atomic E-state index is 0.135. The number of para-hydroxylation sites is 1. The van der Waals surface area contributed by atoms with Crippen LogP contribution in [-0.4, -0.2) is 26.3 Å². The van der Waals surface area contributed by atoms with Crippen molar-refractivity contribution in [1.82, 2.24) is 14.6 Å². The van der Waals surface area contributed by atoms with Crippen molar-refractivity contribution in [2.75, 3.05) is 11.1 Å². The monoisotopic (exact) mass is 433 g/mol. The summed E-state index contributed by atoms with van der Waals surface area (Å²) in [6.07, 6.45) is 4.18. The normalized spacial score (nSPS) is 13.3. The van der Waals surface area contributed by atoms with Gasteiger partial charge in [0.15, 0.2) is 10.8 Å². The van der Waals surface area contributed by atoms with Crippen molar-refractivity contribution in [2.24, 2.45) is 0 Å². The summed E-state index contributed by atoms with van der Waals surface area (Å²) in [5.74, 6) is 0.0695. The summed E-state index contributed by atoms with van der Waals surface area (Å²) >= 11 is 2.90. The topological polar surface area (TPSA) is 83.1 Å². The van der Waals surface area contributed by atoms with Crippen LogP contribution in [0, 0.1) is 18.3 Å². The number of carbonyl (C=O) groups excluding carboxylic acids is 1. The maximum absolute atomic E-state index is 12.7. The van der Waals surface area contributed by atoms with Crippen LogP contribution in [0.3, 0.4) is 0 Å². The smallest absolute Gasteiger partial charge is 0.235 e. The van der Waals surface area contributed by atoms with Crippen molar-refractivity contribution in [3.63, 3.8) is 0 Å². The number of amides is 1. The molecule has 30 heavy (non-hydrogen) atoms. The number of nitrogens with one attached hydrogen (secondary N) is 1. The summed E-state index contributed by atoms with van der Waals surface area (Å²) in [6, 6.07) is 12.5. The molecule has 1 aromatic carbocycles. The number of thioether (sulfide) groups is 1. The van der Waals surface area contributed by atoms with Crippen molar-refractivity contribution in [3.8, 4) is 6.07 Å². The summed E-state index contributed by atoms with van der Waals surface area (Å²) in [6.45, 7) is 2.01. The van der Waals surface area contributed by atoms with Gasteiger partial charge in [-0.3, -0.25) is 9.20 Å². The van der Waals surface area contributed by atoms with Gasteiger partial charge in [0.2, 0.25) is 5.91 Å². The van der Waals surface area contributed by atoms with Gasteiger partial charge >= 0.3 is 0 Å². The lowest BCUT2D eigenvalue weighted by Crippen LogP contribution is -2.14. The average molecular weight is 434 g/mol. The van der Waals surface area contributed by atoms with Crippen LogP contribution >= 0.6 is 23.1 Å². The zero-order valence-electron chi connectivity index (χ0n) is 16.4. The van der Waals surface area contributed by atoms with Crippen LogP contribution in [0.2, 0.25) is 0 Å². The Labute approximate surface area is 181 Å². The zero-order chi connectivity index (χ0) is 20.7. The Morgan fingerprint density at radius 1 is 1.30 bits per heavy atom. The van der Waals surface area contributed by atoms with Gasteiger partial charge in [0.05, 0.1) is 16.8 Å². The lowest BCUT2D eigenvalue weighted by atomic mass is 9.96. The Morgan fingerprint density at radius 3 is 3.00 bits per heavy atom. The highest BCUT2D eigenvalue weighted by atomic mass is 32.2. The van der Waals surface area contributed by atoms with E-state index in [4.69, 9.17) is 0 Å². The first-order chi connectivity index (χ1) is 14.7. The second-order valence-corrected chi connectivity index (χ2v) is 9.44. The minimum atomic E-state index is -0.135. The van der Waals surface area contributed by atoms with E-state index in [2.05, 4.69) is 33.7 Å². The molecule has 1 aliphatic carbocycles. The van der Waals surface area contributed by atoms with Crippen molar-refractivity contribution < 1.29 is 4.79 Å². The van der Waals surface area contributed by atoms with E-state index in [9.17, 15) is 10.1 Å². The number of nitriles is 1. The van der Waals surface area contributed by atoms with Gasteiger partial charge in [0, 0.05) is 4.88 Å². The lowest BCUT2D eigenvalue weighted by Gasteiger charge is -2.09. The predicted octanol–water partition coefficient (Wildman–Crippen LogP) is 4.73. The highest BCUT2D eigenvalue weighted by molar-refractivity contribution is 7.99. The number of carbonyl (C=O) groups is 1. The SMILES string of the molecule is Cc1cc2ccccc2n2c(SCC(=O)Nc3sc4c(c3C#N)CCCC4)nnc12. The molecule has 0 bridgehead atoms. The van der Waals surface area contributed by atoms with E-state index in [-0.39, 0.29) is 11.7 Å². The van der Waals surface area contributed by atoms with Gasteiger partial charge in [-0.05, 0) is 61.3 Å².